The van der Waals surface area contributed by atoms with Gasteiger partial charge in [0.2, 0.25) is 0 Å². The highest BCUT2D eigenvalue weighted by atomic mass is 35.5. The first-order valence-corrected chi connectivity index (χ1v) is 5.70. The summed E-state index contributed by atoms with van der Waals surface area (Å²) in [6, 6.07) is 2.21. The van der Waals surface area contributed by atoms with Crippen molar-refractivity contribution in [3.05, 3.63) is 21.9 Å². The molecule has 0 spiro atoms. The molecule has 1 aliphatic heterocycles. The Morgan fingerprint density at radius 2 is 2.00 bits per heavy atom. The number of hydrogen-bond acceptors (Lipinski definition) is 3. The van der Waals surface area contributed by atoms with Gasteiger partial charge in [-0.25, -0.2) is 0 Å². The number of halogens is 2. The molecule has 1 saturated heterocycles. The summed E-state index contributed by atoms with van der Waals surface area (Å²) in [7, 11) is 0. The van der Waals surface area contributed by atoms with Gasteiger partial charge in [0.25, 0.3) is 0 Å². The average Bonchev–Trinajstić information content (AvgIpc) is 2.54. The maximum absolute atomic E-state index is 3.37. The fourth-order valence-corrected chi connectivity index (χ4v) is 2.59. The molecule has 0 aliphatic carbocycles. The van der Waals surface area contributed by atoms with Crippen molar-refractivity contribution < 1.29 is 0 Å². The Morgan fingerprint density at radius 1 is 1.33 bits per heavy atom. The summed E-state index contributed by atoms with van der Waals surface area (Å²) in [5.74, 6) is 0. The van der Waals surface area contributed by atoms with Crippen molar-refractivity contribution in [1.82, 2.24) is 10.2 Å². The molecule has 15 heavy (non-hydrogen) atoms. The smallest absolute Gasteiger partial charge is 0.0331 e. The second kappa shape index (κ2) is 7.47. The van der Waals surface area contributed by atoms with Crippen molar-refractivity contribution in [3.63, 3.8) is 0 Å². The van der Waals surface area contributed by atoms with Crippen LogP contribution < -0.4 is 5.32 Å². The summed E-state index contributed by atoms with van der Waals surface area (Å²) in [6.45, 7) is 8.02. The molecule has 0 amide bonds. The molecule has 1 N–H and O–H groups in total. The third-order valence-electron chi connectivity index (χ3n) is 2.54. The van der Waals surface area contributed by atoms with E-state index in [1.54, 1.807) is 0 Å². The SMILES string of the molecule is Cc1ccsc1CN1CCNCC1.Cl.Cl. The van der Waals surface area contributed by atoms with E-state index in [1.807, 2.05) is 11.3 Å². The van der Waals surface area contributed by atoms with E-state index in [0.717, 1.165) is 19.6 Å². The standard InChI is InChI=1S/C10H16N2S.2ClH/c1-9-2-7-13-10(9)8-12-5-3-11-4-6-12;;/h2,7,11H,3-6,8H2,1H3;2*1H. The van der Waals surface area contributed by atoms with Crippen LogP contribution in [-0.4, -0.2) is 31.1 Å². The predicted molar refractivity (Wildman–Crippen MR) is 71.7 cm³/mol. The fourth-order valence-electron chi connectivity index (χ4n) is 1.64. The quantitative estimate of drug-likeness (QED) is 0.886. The van der Waals surface area contributed by atoms with E-state index in [0.29, 0.717) is 0 Å². The van der Waals surface area contributed by atoms with Crippen LogP contribution in [0.15, 0.2) is 11.4 Å². The van der Waals surface area contributed by atoms with E-state index in [-0.39, 0.29) is 24.8 Å². The minimum atomic E-state index is 0. The largest absolute Gasteiger partial charge is 0.314 e. The fraction of sp³-hybridized carbons (Fsp3) is 0.600. The highest BCUT2D eigenvalue weighted by Gasteiger charge is 2.11. The molecule has 1 aromatic heterocycles. The Kier molecular flexibility index (Phi) is 7.57. The highest BCUT2D eigenvalue weighted by Crippen LogP contribution is 2.17. The molecule has 2 rings (SSSR count). The molecule has 2 nitrogen and oxygen atoms in total. The molecular weight excluding hydrogens is 251 g/mol. The number of rotatable bonds is 2. The van der Waals surface area contributed by atoms with Crippen molar-refractivity contribution in [2.75, 3.05) is 26.2 Å². The van der Waals surface area contributed by atoms with E-state index in [2.05, 4.69) is 28.6 Å². The first-order valence-electron chi connectivity index (χ1n) is 4.82. The zero-order chi connectivity index (χ0) is 9.10. The zero-order valence-electron chi connectivity index (χ0n) is 8.86. The van der Waals surface area contributed by atoms with Gasteiger partial charge in [0.05, 0.1) is 0 Å². The molecule has 5 heteroatoms. The van der Waals surface area contributed by atoms with Crippen molar-refractivity contribution in [3.8, 4) is 0 Å². The molecule has 0 atom stereocenters. The molecule has 0 saturated carbocycles. The van der Waals surface area contributed by atoms with E-state index in [1.165, 1.54) is 23.5 Å². The summed E-state index contributed by atoms with van der Waals surface area (Å²) < 4.78 is 0. The van der Waals surface area contributed by atoms with Gasteiger partial charge >= 0.3 is 0 Å². The van der Waals surface area contributed by atoms with E-state index in [4.69, 9.17) is 0 Å². The molecule has 88 valence electrons. The number of thiophene rings is 1. The summed E-state index contributed by atoms with van der Waals surface area (Å²) in [5.41, 5.74) is 1.45. The Bertz CT molecular complexity index is 272. The van der Waals surface area contributed by atoms with Crippen molar-refractivity contribution in [1.29, 1.82) is 0 Å². The first kappa shape index (κ1) is 15.2. The van der Waals surface area contributed by atoms with Crippen LogP contribution in [0.2, 0.25) is 0 Å². The molecule has 0 aromatic carbocycles. The lowest BCUT2D eigenvalue weighted by molar-refractivity contribution is 0.235. The molecule has 2 heterocycles. The van der Waals surface area contributed by atoms with Crippen LogP contribution in [0.25, 0.3) is 0 Å². The van der Waals surface area contributed by atoms with Crippen LogP contribution in [0.5, 0.6) is 0 Å². The van der Waals surface area contributed by atoms with E-state index < -0.39 is 0 Å². The Balaban J connectivity index is 0.000000980. The van der Waals surface area contributed by atoms with Gasteiger partial charge < -0.3 is 5.32 Å². The lowest BCUT2D eigenvalue weighted by Crippen LogP contribution is -2.42. The van der Waals surface area contributed by atoms with Gasteiger partial charge in [-0.3, -0.25) is 4.90 Å². The Morgan fingerprint density at radius 3 is 2.53 bits per heavy atom. The molecular formula is C10H18Cl2N2S. The first-order chi connectivity index (χ1) is 6.36. The van der Waals surface area contributed by atoms with Crippen LogP contribution in [0.1, 0.15) is 10.4 Å². The number of piperazine rings is 1. The summed E-state index contributed by atoms with van der Waals surface area (Å²) >= 11 is 1.88. The second-order valence-electron chi connectivity index (χ2n) is 3.55. The molecule has 1 fully saturated rings. The number of hydrogen-bond donors (Lipinski definition) is 1. The van der Waals surface area contributed by atoms with Crippen LogP contribution in [0, 0.1) is 6.92 Å². The maximum atomic E-state index is 3.37. The van der Waals surface area contributed by atoms with E-state index >= 15 is 0 Å². The molecule has 1 aromatic rings. The summed E-state index contributed by atoms with van der Waals surface area (Å²) in [6.07, 6.45) is 0. The average molecular weight is 269 g/mol. The monoisotopic (exact) mass is 268 g/mol. The normalized spacial score (nSPS) is 16.6. The van der Waals surface area contributed by atoms with E-state index in [9.17, 15) is 0 Å². The van der Waals surface area contributed by atoms with Crippen LogP contribution in [0.4, 0.5) is 0 Å². The van der Waals surface area contributed by atoms with Gasteiger partial charge in [-0.05, 0) is 23.9 Å². The third-order valence-corrected chi connectivity index (χ3v) is 3.55. The molecule has 0 unspecified atom stereocenters. The third kappa shape index (κ3) is 4.29. The topological polar surface area (TPSA) is 15.3 Å². The molecule has 1 aliphatic rings. The summed E-state index contributed by atoms with van der Waals surface area (Å²) in [5, 5.41) is 5.56. The van der Waals surface area contributed by atoms with Gasteiger partial charge in [0.1, 0.15) is 0 Å². The second-order valence-corrected chi connectivity index (χ2v) is 4.55. The van der Waals surface area contributed by atoms with Crippen LogP contribution >= 0.6 is 36.2 Å². The van der Waals surface area contributed by atoms with Gasteiger partial charge in [-0.2, -0.15) is 0 Å². The van der Waals surface area contributed by atoms with Gasteiger partial charge in [-0.1, -0.05) is 0 Å². The Hall–Kier alpha value is 0.200. The Labute approximate surface area is 108 Å². The maximum Gasteiger partial charge on any atom is 0.0331 e. The molecule has 0 radical (unpaired) electrons. The minimum Gasteiger partial charge on any atom is -0.314 e. The highest BCUT2D eigenvalue weighted by molar-refractivity contribution is 7.10. The van der Waals surface area contributed by atoms with Crippen molar-refractivity contribution in [2.45, 2.75) is 13.5 Å². The van der Waals surface area contributed by atoms with Gasteiger partial charge in [0, 0.05) is 37.6 Å². The van der Waals surface area contributed by atoms with Gasteiger partial charge in [-0.15, -0.1) is 36.2 Å². The van der Waals surface area contributed by atoms with Gasteiger partial charge in [0.15, 0.2) is 0 Å². The molecule has 0 bridgehead atoms. The summed E-state index contributed by atoms with van der Waals surface area (Å²) in [4.78, 5) is 4.05. The van der Waals surface area contributed by atoms with Crippen molar-refractivity contribution in [2.24, 2.45) is 0 Å². The number of nitrogens with zero attached hydrogens (tertiary/aromatic N) is 1. The zero-order valence-corrected chi connectivity index (χ0v) is 11.3. The lowest BCUT2D eigenvalue weighted by atomic mass is 10.2. The van der Waals surface area contributed by atoms with Crippen molar-refractivity contribution >= 4 is 36.2 Å². The number of aryl methyl sites for hydroxylation is 1. The minimum absolute atomic E-state index is 0. The predicted octanol–water partition coefficient (Wildman–Crippen LogP) is 2.31. The van der Waals surface area contributed by atoms with Crippen LogP contribution in [-0.2, 0) is 6.54 Å². The number of nitrogens with one attached hydrogen (secondary N) is 1. The lowest BCUT2D eigenvalue weighted by Gasteiger charge is -2.26. The van der Waals surface area contributed by atoms with Crippen LogP contribution in [0.3, 0.4) is 0 Å².